The Labute approximate surface area is 327 Å². The molecule has 262 valence electrons. The summed E-state index contributed by atoms with van der Waals surface area (Å²) >= 11 is 1.85. The predicted molar refractivity (Wildman–Crippen MR) is 234 cm³/mol. The molecule has 0 N–H and O–H groups in total. The minimum absolute atomic E-state index is 0.633. The summed E-state index contributed by atoms with van der Waals surface area (Å²) in [7, 11) is 0. The number of hydrogen-bond donors (Lipinski definition) is 0. The van der Waals surface area contributed by atoms with Gasteiger partial charge in [0.05, 0.1) is 11.0 Å². The van der Waals surface area contributed by atoms with Crippen LogP contribution in [0.4, 0.5) is 0 Å². The number of rotatable bonds is 6. The van der Waals surface area contributed by atoms with Crippen molar-refractivity contribution >= 4 is 53.3 Å². The van der Waals surface area contributed by atoms with Crippen LogP contribution in [0.5, 0.6) is 0 Å². The van der Waals surface area contributed by atoms with E-state index in [1.165, 1.54) is 47.5 Å². The molecule has 11 rings (SSSR count). The lowest BCUT2D eigenvalue weighted by Gasteiger charge is -2.11. The van der Waals surface area contributed by atoms with Gasteiger partial charge in [-0.25, -0.2) is 15.0 Å². The van der Waals surface area contributed by atoms with E-state index in [0.717, 1.165) is 39.1 Å². The van der Waals surface area contributed by atoms with E-state index in [1.54, 1.807) is 0 Å². The van der Waals surface area contributed by atoms with E-state index in [1.807, 2.05) is 47.7 Å². The fraction of sp³-hybridized carbons (Fsp3) is 0. The summed E-state index contributed by atoms with van der Waals surface area (Å²) in [6.45, 7) is 0. The summed E-state index contributed by atoms with van der Waals surface area (Å²) < 4.78 is 5.03. The Morgan fingerprint density at radius 1 is 0.339 bits per heavy atom. The highest BCUT2D eigenvalue weighted by Crippen LogP contribution is 2.41. The average molecular weight is 733 g/mol. The molecule has 0 spiro atoms. The highest BCUT2D eigenvalue weighted by Gasteiger charge is 2.18. The van der Waals surface area contributed by atoms with Gasteiger partial charge in [0.25, 0.3) is 0 Å². The van der Waals surface area contributed by atoms with Crippen LogP contribution in [-0.2, 0) is 0 Å². The molecule has 0 fully saturated rings. The molecule has 0 aliphatic carbocycles. The van der Waals surface area contributed by atoms with E-state index in [-0.39, 0.29) is 0 Å². The van der Waals surface area contributed by atoms with Crippen LogP contribution < -0.4 is 0 Å². The number of thiophene rings is 1. The van der Waals surface area contributed by atoms with Crippen molar-refractivity contribution in [3.8, 4) is 62.1 Å². The van der Waals surface area contributed by atoms with E-state index in [4.69, 9.17) is 15.0 Å². The predicted octanol–water partition coefficient (Wildman–Crippen LogP) is 13.7. The van der Waals surface area contributed by atoms with E-state index in [2.05, 4.69) is 162 Å². The molecule has 0 saturated carbocycles. The van der Waals surface area contributed by atoms with Crippen molar-refractivity contribution in [1.29, 1.82) is 0 Å². The third-order valence-electron chi connectivity index (χ3n) is 10.7. The van der Waals surface area contributed by atoms with Crippen molar-refractivity contribution in [2.45, 2.75) is 0 Å². The molecule has 11 aromatic rings. The maximum absolute atomic E-state index is 5.11. The second-order valence-electron chi connectivity index (χ2n) is 14.0. The molecule has 3 aromatic heterocycles. The van der Waals surface area contributed by atoms with Crippen LogP contribution in [0.2, 0.25) is 0 Å². The van der Waals surface area contributed by atoms with Crippen molar-refractivity contribution in [3.63, 3.8) is 0 Å². The Morgan fingerprint density at radius 2 is 0.875 bits per heavy atom. The molecule has 0 atom stereocenters. The summed E-state index contributed by atoms with van der Waals surface area (Å²) in [5.74, 6) is 1.91. The monoisotopic (exact) mass is 732 g/mol. The number of hydrogen-bond acceptors (Lipinski definition) is 4. The quantitative estimate of drug-likeness (QED) is 0.171. The zero-order valence-electron chi connectivity index (χ0n) is 30.2. The zero-order chi connectivity index (χ0) is 37.0. The van der Waals surface area contributed by atoms with Crippen molar-refractivity contribution in [2.24, 2.45) is 0 Å². The van der Waals surface area contributed by atoms with Gasteiger partial charge in [0.15, 0.2) is 17.5 Å². The molecule has 0 unspecified atom stereocenters. The molecule has 0 amide bonds. The second-order valence-corrected chi connectivity index (χ2v) is 15.1. The van der Waals surface area contributed by atoms with Crippen LogP contribution in [0.15, 0.2) is 194 Å². The molecular weight excluding hydrogens is 701 g/mol. The Hall–Kier alpha value is -7.21. The smallest absolute Gasteiger partial charge is 0.164 e. The Balaban J connectivity index is 1.05. The van der Waals surface area contributed by atoms with Crippen LogP contribution in [-0.4, -0.2) is 19.5 Å². The standard InChI is InChI=1S/C51H32N4S/c1-3-13-33(14-4-1)34-25-27-36(28-26-34)50-52-49(35-15-5-2-6-16-35)53-51(54-50)38-18-11-17-37(31-38)40-21-12-23-45-48(40)42-20-7-9-22-44(42)55(45)39-29-30-47-43(32-39)41-19-8-10-24-46(41)56-47/h1-32H. The van der Waals surface area contributed by atoms with Gasteiger partial charge in [0.1, 0.15) is 0 Å². The normalized spacial score (nSPS) is 11.6. The molecule has 5 heteroatoms. The topological polar surface area (TPSA) is 43.6 Å². The van der Waals surface area contributed by atoms with Gasteiger partial charge in [-0.15, -0.1) is 11.3 Å². The molecule has 56 heavy (non-hydrogen) atoms. The lowest BCUT2D eigenvalue weighted by Crippen LogP contribution is -2.00. The Bertz CT molecular complexity index is 3240. The summed E-state index contributed by atoms with van der Waals surface area (Å²) in [6, 6.07) is 68.6. The maximum atomic E-state index is 5.11. The third-order valence-corrected chi connectivity index (χ3v) is 11.8. The van der Waals surface area contributed by atoms with E-state index in [9.17, 15) is 0 Å². The van der Waals surface area contributed by atoms with Gasteiger partial charge < -0.3 is 4.57 Å². The largest absolute Gasteiger partial charge is 0.309 e. The first-order chi connectivity index (χ1) is 27.7. The first-order valence-electron chi connectivity index (χ1n) is 18.8. The molecule has 0 radical (unpaired) electrons. The summed E-state index contributed by atoms with van der Waals surface area (Å²) in [5.41, 5.74) is 10.9. The van der Waals surface area contributed by atoms with E-state index < -0.39 is 0 Å². The van der Waals surface area contributed by atoms with Crippen LogP contribution >= 0.6 is 11.3 Å². The second kappa shape index (κ2) is 13.3. The Kier molecular flexibility index (Phi) is 7.64. The van der Waals surface area contributed by atoms with Crippen molar-refractivity contribution in [3.05, 3.63) is 194 Å². The number of benzene rings is 8. The van der Waals surface area contributed by atoms with Gasteiger partial charge >= 0.3 is 0 Å². The maximum Gasteiger partial charge on any atom is 0.164 e. The summed E-state index contributed by atoms with van der Waals surface area (Å²) in [5, 5.41) is 5.02. The van der Waals surface area contributed by atoms with Crippen molar-refractivity contribution in [2.75, 3.05) is 0 Å². The van der Waals surface area contributed by atoms with Crippen LogP contribution in [0.3, 0.4) is 0 Å². The summed E-state index contributed by atoms with van der Waals surface area (Å²) in [4.78, 5) is 15.2. The molecule has 0 saturated heterocycles. The zero-order valence-corrected chi connectivity index (χ0v) is 31.0. The Morgan fingerprint density at radius 3 is 1.66 bits per heavy atom. The highest BCUT2D eigenvalue weighted by atomic mass is 32.1. The number of nitrogens with zero attached hydrogens (tertiary/aromatic N) is 4. The summed E-state index contributed by atoms with van der Waals surface area (Å²) in [6.07, 6.45) is 0. The van der Waals surface area contributed by atoms with Gasteiger partial charge in [-0.05, 0) is 64.7 Å². The molecule has 0 aliphatic heterocycles. The van der Waals surface area contributed by atoms with Gasteiger partial charge in [0, 0.05) is 53.3 Å². The van der Waals surface area contributed by atoms with E-state index >= 15 is 0 Å². The first-order valence-corrected chi connectivity index (χ1v) is 19.6. The molecular formula is C51H32N4S. The molecule has 3 heterocycles. The fourth-order valence-corrected chi connectivity index (χ4v) is 9.10. The molecule has 0 aliphatic rings. The molecule has 4 nitrogen and oxygen atoms in total. The minimum atomic E-state index is 0.633. The first kappa shape index (κ1) is 32.2. The van der Waals surface area contributed by atoms with Crippen LogP contribution in [0.25, 0.3) is 104 Å². The van der Waals surface area contributed by atoms with Crippen molar-refractivity contribution in [1.82, 2.24) is 19.5 Å². The SMILES string of the molecule is c1ccc(-c2ccc(-c3nc(-c4ccccc4)nc(-c4cccc(-c5cccc6c5c5ccccc5n6-c5ccc6sc7ccccc7c6c5)c4)n3)cc2)cc1. The van der Waals surface area contributed by atoms with Gasteiger partial charge in [-0.1, -0.05) is 152 Å². The lowest BCUT2D eigenvalue weighted by atomic mass is 9.97. The molecule has 0 bridgehead atoms. The fourth-order valence-electron chi connectivity index (χ4n) is 8.01. The van der Waals surface area contributed by atoms with Gasteiger partial charge in [-0.3, -0.25) is 0 Å². The third kappa shape index (κ3) is 5.48. The molecule has 8 aromatic carbocycles. The number of aromatic nitrogens is 4. The van der Waals surface area contributed by atoms with E-state index in [0.29, 0.717) is 17.5 Å². The average Bonchev–Trinajstić information content (AvgIpc) is 3.82. The number of para-hydroxylation sites is 1. The minimum Gasteiger partial charge on any atom is -0.309 e. The van der Waals surface area contributed by atoms with Gasteiger partial charge in [0.2, 0.25) is 0 Å². The van der Waals surface area contributed by atoms with Gasteiger partial charge in [-0.2, -0.15) is 0 Å². The number of fused-ring (bicyclic) bond motifs is 6. The van der Waals surface area contributed by atoms with Crippen LogP contribution in [0, 0.1) is 0 Å². The van der Waals surface area contributed by atoms with Crippen molar-refractivity contribution < 1.29 is 0 Å². The lowest BCUT2D eigenvalue weighted by molar-refractivity contribution is 1.07. The highest BCUT2D eigenvalue weighted by molar-refractivity contribution is 7.25. The van der Waals surface area contributed by atoms with Crippen LogP contribution in [0.1, 0.15) is 0 Å².